The molecule has 0 aliphatic rings. The summed E-state index contributed by atoms with van der Waals surface area (Å²) in [5, 5.41) is 0. The summed E-state index contributed by atoms with van der Waals surface area (Å²) in [7, 11) is -3.37. The van der Waals surface area contributed by atoms with Crippen molar-refractivity contribution in [2.45, 2.75) is 39.4 Å². The summed E-state index contributed by atoms with van der Waals surface area (Å²) in [5.41, 5.74) is -0.269. The van der Waals surface area contributed by atoms with Gasteiger partial charge in [0.1, 0.15) is 0 Å². The van der Waals surface area contributed by atoms with Crippen molar-refractivity contribution < 1.29 is 17.3 Å². The molecule has 0 radical (unpaired) electrons. The van der Waals surface area contributed by atoms with Crippen LogP contribution in [0.25, 0.3) is 0 Å². The molecule has 1 unspecified atom stereocenters. The molecule has 4 nitrogen and oxygen atoms in total. The predicted molar refractivity (Wildman–Crippen MR) is 51.1 cm³/mol. The highest BCUT2D eigenvalue weighted by molar-refractivity contribution is 7.86. The van der Waals surface area contributed by atoms with Crippen molar-refractivity contribution in [3.63, 3.8) is 0 Å². The van der Waals surface area contributed by atoms with Crippen LogP contribution in [0.15, 0.2) is 0 Å². The van der Waals surface area contributed by atoms with Crippen molar-refractivity contribution in [3.05, 3.63) is 0 Å². The first-order valence-corrected chi connectivity index (χ1v) is 5.94. The largest absolute Gasteiger partial charge is 0.373 e. The Kier molecular flexibility index (Phi) is 4.35. The molecule has 0 spiro atoms. The molecule has 0 aromatic rings. The Morgan fingerprint density at radius 3 is 2.08 bits per heavy atom. The Balaban J connectivity index is 3.84. The van der Waals surface area contributed by atoms with E-state index in [1.165, 1.54) is 0 Å². The fourth-order valence-corrected chi connectivity index (χ4v) is 1.35. The molecule has 0 fully saturated rings. The van der Waals surface area contributed by atoms with Gasteiger partial charge in [-0.1, -0.05) is 0 Å². The molecule has 0 heterocycles. The van der Waals surface area contributed by atoms with E-state index in [2.05, 4.69) is 4.18 Å². The van der Waals surface area contributed by atoms with E-state index >= 15 is 0 Å². The SMILES string of the molecule is CC(COC(C)(C)C)OS(C)(=O)=O. The monoisotopic (exact) mass is 210 g/mol. The van der Waals surface area contributed by atoms with Gasteiger partial charge in [-0.05, 0) is 27.7 Å². The third-order valence-electron chi connectivity index (χ3n) is 1.09. The van der Waals surface area contributed by atoms with E-state index in [4.69, 9.17) is 4.74 Å². The number of ether oxygens (including phenoxy) is 1. The molecule has 0 aliphatic heterocycles. The van der Waals surface area contributed by atoms with Crippen LogP contribution in [0.4, 0.5) is 0 Å². The fraction of sp³-hybridized carbons (Fsp3) is 1.00. The number of hydrogen-bond donors (Lipinski definition) is 0. The maximum Gasteiger partial charge on any atom is 0.264 e. The van der Waals surface area contributed by atoms with Gasteiger partial charge in [0.25, 0.3) is 10.1 Å². The highest BCUT2D eigenvalue weighted by Gasteiger charge is 2.15. The maximum atomic E-state index is 10.7. The Labute approximate surface area is 80.4 Å². The van der Waals surface area contributed by atoms with Gasteiger partial charge in [-0.3, -0.25) is 4.18 Å². The average molecular weight is 210 g/mol. The second kappa shape index (κ2) is 4.39. The van der Waals surface area contributed by atoms with Gasteiger partial charge < -0.3 is 4.74 Å². The van der Waals surface area contributed by atoms with Crippen LogP contribution < -0.4 is 0 Å². The first kappa shape index (κ1) is 12.9. The van der Waals surface area contributed by atoms with Gasteiger partial charge in [-0.25, -0.2) is 0 Å². The lowest BCUT2D eigenvalue weighted by atomic mass is 10.2. The van der Waals surface area contributed by atoms with Gasteiger partial charge in [-0.2, -0.15) is 8.42 Å². The molecule has 0 rings (SSSR count). The first-order chi connectivity index (χ1) is 5.60. The van der Waals surface area contributed by atoms with Crippen LogP contribution in [-0.4, -0.2) is 33.0 Å². The number of rotatable bonds is 4. The van der Waals surface area contributed by atoms with Crippen LogP contribution in [0.5, 0.6) is 0 Å². The summed E-state index contributed by atoms with van der Waals surface area (Å²) >= 11 is 0. The second-order valence-corrected chi connectivity index (χ2v) is 5.64. The van der Waals surface area contributed by atoms with E-state index in [1.807, 2.05) is 20.8 Å². The van der Waals surface area contributed by atoms with Gasteiger partial charge >= 0.3 is 0 Å². The lowest BCUT2D eigenvalue weighted by Gasteiger charge is -2.21. The van der Waals surface area contributed by atoms with Gasteiger partial charge in [-0.15, -0.1) is 0 Å². The first-order valence-electron chi connectivity index (χ1n) is 4.12. The summed E-state index contributed by atoms with van der Waals surface area (Å²) in [6.45, 7) is 7.64. The van der Waals surface area contributed by atoms with E-state index in [9.17, 15) is 8.42 Å². The molecular formula is C8H18O4S. The van der Waals surface area contributed by atoms with E-state index in [0.29, 0.717) is 0 Å². The fourth-order valence-electron chi connectivity index (χ4n) is 0.694. The smallest absolute Gasteiger partial charge is 0.264 e. The van der Waals surface area contributed by atoms with Crippen LogP contribution in [-0.2, 0) is 19.0 Å². The quantitative estimate of drug-likeness (QED) is 0.653. The Hall–Kier alpha value is -0.130. The van der Waals surface area contributed by atoms with Crippen LogP contribution in [0, 0.1) is 0 Å². The molecule has 5 heteroatoms. The van der Waals surface area contributed by atoms with E-state index in [0.717, 1.165) is 6.26 Å². The predicted octanol–water partition coefficient (Wildman–Crippen LogP) is 1.17. The Bertz CT molecular complexity index is 237. The van der Waals surface area contributed by atoms with Crippen LogP contribution in [0.1, 0.15) is 27.7 Å². The molecule has 0 amide bonds. The summed E-state index contributed by atoms with van der Waals surface area (Å²) < 4.78 is 31.4. The van der Waals surface area contributed by atoms with Gasteiger partial charge in [0.05, 0.1) is 24.6 Å². The Morgan fingerprint density at radius 2 is 1.77 bits per heavy atom. The molecule has 0 saturated carbocycles. The standard InChI is InChI=1S/C8H18O4S/c1-7(12-13(5,9)10)6-11-8(2,3)4/h7H,6H2,1-5H3. The van der Waals surface area contributed by atoms with E-state index in [1.54, 1.807) is 6.92 Å². The van der Waals surface area contributed by atoms with Gasteiger partial charge in [0.2, 0.25) is 0 Å². The summed E-state index contributed by atoms with van der Waals surface area (Å²) in [5.74, 6) is 0. The van der Waals surface area contributed by atoms with Crippen molar-refractivity contribution >= 4 is 10.1 Å². The molecule has 13 heavy (non-hydrogen) atoms. The van der Waals surface area contributed by atoms with Crippen molar-refractivity contribution in [1.82, 2.24) is 0 Å². The topological polar surface area (TPSA) is 52.6 Å². The van der Waals surface area contributed by atoms with E-state index < -0.39 is 16.2 Å². The third-order valence-corrected chi connectivity index (χ3v) is 1.77. The third kappa shape index (κ3) is 9.79. The lowest BCUT2D eigenvalue weighted by molar-refractivity contribution is -0.0360. The maximum absolute atomic E-state index is 10.7. The molecule has 0 N–H and O–H groups in total. The van der Waals surface area contributed by atoms with Gasteiger partial charge in [0.15, 0.2) is 0 Å². The molecule has 1 atom stereocenters. The molecule has 0 aromatic carbocycles. The van der Waals surface area contributed by atoms with Crippen LogP contribution in [0.2, 0.25) is 0 Å². The Morgan fingerprint density at radius 1 is 1.31 bits per heavy atom. The van der Waals surface area contributed by atoms with Crippen LogP contribution >= 0.6 is 0 Å². The summed E-state index contributed by atoms with van der Waals surface area (Å²) in [6.07, 6.45) is 0.592. The molecule has 80 valence electrons. The highest BCUT2D eigenvalue weighted by atomic mass is 32.2. The van der Waals surface area contributed by atoms with E-state index in [-0.39, 0.29) is 12.2 Å². The zero-order chi connectivity index (χ0) is 10.7. The minimum Gasteiger partial charge on any atom is -0.373 e. The minimum absolute atomic E-state index is 0.269. The van der Waals surface area contributed by atoms with Crippen molar-refractivity contribution in [2.75, 3.05) is 12.9 Å². The minimum atomic E-state index is -3.37. The molecule has 0 saturated heterocycles. The number of hydrogen-bond acceptors (Lipinski definition) is 4. The molecular weight excluding hydrogens is 192 g/mol. The average Bonchev–Trinajstić information content (AvgIpc) is 1.78. The zero-order valence-corrected chi connectivity index (χ0v) is 9.64. The molecule has 0 aromatic heterocycles. The summed E-state index contributed by atoms with van der Waals surface area (Å²) in [4.78, 5) is 0. The van der Waals surface area contributed by atoms with Crippen LogP contribution in [0.3, 0.4) is 0 Å². The normalized spacial score (nSPS) is 15.8. The lowest BCUT2D eigenvalue weighted by Crippen LogP contribution is -2.27. The van der Waals surface area contributed by atoms with Crippen molar-refractivity contribution in [3.8, 4) is 0 Å². The van der Waals surface area contributed by atoms with Crippen molar-refractivity contribution in [1.29, 1.82) is 0 Å². The highest BCUT2D eigenvalue weighted by Crippen LogP contribution is 2.08. The van der Waals surface area contributed by atoms with Gasteiger partial charge in [0, 0.05) is 0 Å². The zero-order valence-electron chi connectivity index (χ0n) is 8.83. The molecule has 0 bridgehead atoms. The van der Waals surface area contributed by atoms with Crippen molar-refractivity contribution in [2.24, 2.45) is 0 Å². The molecule has 0 aliphatic carbocycles. The summed E-state index contributed by atoms with van der Waals surface area (Å²) in [6, 6.07) is 0. The second-order valence-electron chi connectivity index (χ2n) is 4.03.